The SMILES string of the molecule is CC(C)(C)/N=N/C1(OO)CCCCC1. The van der Waals surface area contributed by atoms with Crippen LogP contribution in [0.1, 0.15) is 52.9 Å². The molecule has 0 aliphatic heterocycles. The molecule has 1 fully saturated rings. The lowest BCUT2D eigenvalue weighted by molar-refractivity contribution is -0.330. The monoisotopic (exact) mass is 200 g/mol. The molecule has 82 valence electrons. The van der Waals surface area contributed by atoms with Gasteiger partial charge < -0.3 is 0 Å². The molecule has 0 aromatic carbocycles. The Morgan fingerprint density at radius 1 is 1.14 bits per heavy atom. The second kappa shape index (κ2) is 4.36. The highest BCUT2D eigenvalue weighted by Gasteiger charge is 2.34. The Morgan fingerprint density at radius 2 is 1.71 bits per heavy atom. The molecule has 0 aromatic rings. The lowest BCUT2D eigenvalue weighted by Gasteiger charge is -2.29. The van der Waals surface area contributed by atoms with Crippen molar-refractivity contribution >= 4 is 0 Å². The summed E-state index contributed by atoms with van der Waals surface area (Å²) in [4.78, 5) is 4.51. The van der Waals surface area contributed by atoms with Gasteiger partial charge in [0, 0.05) is 12.8 Å². The van der Waals surface area contributed by atoms with Crippen LogP contribution in [-0.2, 0) is 4.89 Å². The van der Waals surface area contributed by atoms with Crippen molar-refractivity contribution in [1.82, 2.24) is 0 Å². The third-order valence-corrected chi connectivity index (χ3v) is 2.34. The Hall–Kier alpha value is -0.480. The number of hydrogen-bond acceptors (Lipinski definition) is 4. The molecule has 0 bridgehead atoms. The van der Waals surface area contributed by atoms with Crippen molar-refractivity contribution in [3.05, 3.63) is 0 Å². The van der Waals surface area contributed by atoms with Crippen molar-refractivity contribution in [2.75, 3.05) is 0 Å². The van der Waals surface area contributed by atoms with Crippen LogP contribution in [0.15, 0.2) is 10.2 Å². The van der Waals surface area contributed by atoms with Gasteiger partial charge in [-0.2, -0.15) is 10.2 Å². The topological polar surface area (TPSA) is 54.2 Å². The summed E-state index contributed by atoms with van der Waals surface area (Å²) in [5.74, 6) is 0. The number of nitrogens with zero attached hydrogens (tertiary/aromatic N) is 2. The zero-order chi connectivity index (χ0) is 10.7. The van der Waals surface area contributed by atoms with Gasteiger partial charge >= 0.3 is 0 Å². The predicted octanol–water partition coefficient (Wildman–Crippen LogP) is 3.39. The molecule has 0 amide bonds. The van der Waals surface area contributed by atoms with E-state index in [-0.39, 0.29) is 5.54 Å². The van der Waals surface area contributed by atoms with Crippen molar-refractivity contribution in [2.24, 2.45) is 10.2 Å². The van der Waals surface area contributed by atoms with Gasteiger partial charge in [0.05, 0.1) is 5.54 Å². The molecule has 1 N–H and O–H groups in total. The van der Waals surface area contributed by atoms with E-state index in [0.29, 0.717) is 0 Å². The molecule has 0 atom stereocenters. The summed E-state index contributed by atoms with van der Waals surface area (Å²) in [6.07, 6.45) is 4.82. The standard InChI is InChI=1S/C10H20N2O2/c1-9(2,3)11-12-10(14-13)7-5-4-6-8-10/h13H,4-8H2,1-3H3/b12-11+. The van der Waals surface area contributed by atoms with E-state index in [1.54, 1.807) is 0 Å². The minimum Gasteiger partial charge on any atom is -0.249 e. The molecule has 0 radical (unpaired) electrons. The molecule has 0 spiro atoms. The fourth-order valence-corrected chi connectivity index (χ4v) is 1.55. The average Bonchev–Trinajstić information content (AvgIpc) is 2.15. The summed E-state index contributed by atoms with van der Waals surface area (Å²) in [5, 5.41) is 17.2. The normalized spacial score (nSPS) is 22.9. The van der Waals surface area contributed by atoms with Gasteiger partial charge in [0.1, 0.15) is 0 Å². The third-order valence-electron chi connectivity index (χ3n) is 2.34. The van der Waals surface area contributed by atoms with E-state index in [4.69, 9.17) is 5.26 Å². The maximum Gasteiger partial charge on any atom is 0.212 e. The molecular formula is C10H20N2O2. The summed E-state index contributed by atoms with van der Waals surface area (Å²) in [5.41, 5.74) is -0.964. The summed E-state index contributed by atoms with van der Waals surface area (Å²) in [7, 11) is 0. The molecule has 4 heteroatoms. The largest absolute Gasteiger partial charge is 0.249 e. The van der Waals surface area contributed by atoms with Crippen molar-refractivity contribution in [3.63, 3.8) is 0 Å². The van der Waals surface area contributed by atoms with E-state index in [1.807, 2.05) is 20.8 Å². The lowest BCUT2D eigenvalue weighted by atomic mass is 9.92. The van der Waals surface area contributed by atoms with Gasteiger partial charge in [-0.25, -0.2) is 10.1 Å². The van der Waals surface area contributed by atoms with E-state index < -0.39 is 5.72 Å². The number of hydrogen-bond donors (Lipinski definition) is 1. The van der Waals surface area contributed by atoms with E-state index in [2.05, 4.69) is 15.1 Å². The zero-order valence-corrected chi connectivity index (χ0v) is 9.29. The van der Waals surface area contributed by atoms with Gasteiger partial charge in [0.25, 0.3) is 0 Å². The van der Waals surface area contributed by atoms with E-state index in [1.165, 1.54) is 6.42 Å². The maximum absolute atomic E-state index is 8.88. The Kier molecular flexibility index (Phi) is 3.61. The molecule has 0 aromatic heterocycles. The Balaban J connectivity index is 2.65. The van der Waals surface area contributed by atoms with Crippen LogP contribution >= 0.6 is 0 Å². The molecule has 1 rings (SSSR count). The smallest absolute Gasteiger partial charge is 0.212 e. The molecule has 0 saturated heterocycles. The third kappa shape index (κ3) is 3.35. The van der Waals surface area contributed by atoms with E-state index in [9.17, 15) is 0 Å². The molecule has 1 aliphatic rings. The Morgan fingerprint density at radius 3 is 2.14 bits per heavy atom. The summed E-state index contributed by atoms with van der Waals surface area (Å²) >= 11 is 0. The van der Waals surface area contributed by atoms with Crippen molar-refractivity contribution in [1.29, 1.82) is 0 Å². The number of azo groups is 1. The van der Waals surface area contributed by atoms with Crippen LogP contribution in [0.2, 0.25) is 0 Å². The van der Waals surface area contributed by atoms with E-state index in [0.717, 1.165) is 25.7 Å². The summed E-state index contributed by atoms with van der Waals surface area (Å²) < 4.78 is 0. The number of rotatable bonds is 2. The van der Waals surface area contributed by atoms with Crippen LogP contribution in [-0.4, -0.2) is 16.5 Å². The van der Waals surface area contributed by atoms with Gasteiger partial charge in [-0.15, -0.1) is 0 Å². The molecule has 1 saturated carbocycles. The lowest BCUT2D eigenvalue weighted by Crippen LogP contribution is -2.32. The van der Waals surface area contributed by atoms with Crippen LogP contribution in [0.25, 0.3) is 0 Å². The van der Waals surface area contributed by atoms with Gasteiger partial charge in [0.15, 0.2) is 0 Å². The Bertz CT molecular complexity index is 203. The maximum atomic E-state index is 8.88. The van der Waals surface area contributed by atoms with Crippen molar-refractivity contribution in [3.8, 4) is 0 Å². The minimum absolute atomic E-state index is 0.205. The molecule has 0 unspecified atom stereocenters. The molecular weight excluding hydrogens is 180 g/mol. The highest BCUT2D eigenvalue weighted by molar-refractivity contribution is 4.81. The fourth-order valence-electron chi connectivity index (χ4n) is 1.55. The van der Waals surface area contributed by atoms with Crippen LogP contribution < -0.4 is 0 Å². The van der Waals surface area contributed by atoms with Crippen molar-refractivity contribution < 1.29 is 10.1 Å². The van der Waals surface area contributed by atoms with Crippen LogP contribution in [0.5, 0.6) is 0 Å². The quantitative estimate of drug-likeness (QED) is 0.422. The molecule has 1 aliphatic carbocycles. The first-order valence-corrected chi connectivity index (χ1v) is 5.24. The summed E-state index contributed by atoms with van der Waals surface area (Å²) in [6.45, 7) is 5.93. The second-order valence-electron chi connectivity index (χ2n) is 4.97. The van der Waals surface area contributed by atoms with Gasteiger partial charge in [-0.05, 0) is 33.6 Å². The highest BCUT2D eigenvalue weighted by atomic mass is 17.1. The second-order valence-corrected chi connectivity index (χ2v) is 4.97. The average molecular weight is 200 g/mol. The first-order valence-electron chi connectivity index (χ1n) is 5.24. The fraction of sp³-hybridized carbons (Fsp3) is 1.00. The highest BCUT2D eigenvalue weighted by Crippen LogP contribution is 2.33. The molecule has 4 nitrogen and oxygen atoms in total. The Labute approximate surface area is 85.3 Å². The van der Waals surface area contributed by atoms with Gasteiger partial charge in [-0.1, -0.05) is 6.42 Å². The van der Waals surface area contributed by atoms with Gasteiger partial charge in [0.2, 0.25) is 5.72 Å². The minimum atomic E-state index is -0.758. The predicted molar refractivity (Wildman–Crippen MR) is 54.1 cm³/mol. The van der Waals surface area contributed by atoms with Crippen LogP contribution in [0.3, 0.4) is 0 Å². The van der Waals surface area contributed by atoms with Crippen LogP contribution in [0.4, 0.5) is 0 Å². The molecule has 0 heterocycles. The summed E-state index contributed by atoms with van der Waals surface area (Å²) in [6, 6.07) is 0. The zero-order valence-electron chi connectivity index (χ0n) is 9.29. The van der Waals surface area contributed by atoms with Gasteiger partial charge in [-0.3, -0.25) is 0 Å². The van der Waals surface area contributed by atoms with Crippen molar-refractivity contribution in [2.45, 2.75) is 64.1 Å². The van der Waals surface area contributed by atoms with E-state index >= 15 is 0 Å². The first-order chi connectivity index (χ1) is 6.47. The first kappa shape index (κ1) is 11.6. The molecule has 14 heavy (non-hydrogen) atoms. The van der Waals surface area contributed by atoms with Crippen LogP contribution in [0, 0.1) is 0 Å².